The van der Waals surface area contributed by atoms with Gasteiger partial charge >= 0.3 is 0 Å². The molecule has 2 heteroatoms. The van der Waals surface area contributed by atoms with E-state index in [0.29, 0.717) is 6.54 Å². The minimum absolute atomic E-state index is 0.278. The normalized spacial score (nSPS) is 12.6. The number of furan rings is 1. The Morgan fingerprint density at radius 2 is 1.94 bits per heavy atom. The second-order valence-electron chi connectivity index (χ2n) is 4.06. The van der Waals surface area contributed by atoms with Crippen LogP contribution in [0.5, 0.6) is 0 Å². The molecular weight excluding hydrogens is 198 g/mol. The molecule has 0 fully saturated rings. The van der Waals surface area contributed by atoms with E-state index in [1.807, 2.05) is 12.1 Å². The lowest BCUT2D eigenvalue weighted by Crippen LogP contribution is -2.08. The molecule has 1 atom stereocenters. The fourth-order valence-electron chi connectivity index (χ4n) is 1.93. The number of hydrogen-bond acceptors (Lipinski definition) is 2. The molecule has 1 heterocycles. The average Bonchev–Trinajstić information content (AvgIpc) is 2.81. The Labute approximate surface area is 96.1 Å². The van der Waals surface area contributed by atoms with E-state index in [1.54, 1.807) is 6.26 Å². The van der Waals surface area contributed by atoms with Crippen molar-refractivity contribution in [2.45, 2.75) is 19.3 Å². The molecule has 0 radical (unpaired) electrons. The Hall–Kier alpha value is -1.54. The van der Waals surface area contributed by atoms with Crippen LogP contribution < -0.4 is 5.73 Å². The van der Waals surface area contributed by atoms with Crippen molar-refractivity contribution in [3.05, 3.63) is 59.5 Å². The van der Waals surface area contributed by atoms with E-state index in [2.05, 4.69) is 31.2 Å². The Kier molecular flexibility index (Phi) is 3.42. The molecule has 0 amide bonds. The van der Waals surface area contributed by atoms with Crippen LogP contribution in [0, 0.1) is 6.92 Å². The van der Waals surface area contributed by atoms with Gasteiger partial charge in [-0.25, -0.2) is 0 Å². The molecule has 2 N–H and O–H groups in total. The molecule has 16 heavy (non-hydrogen) atoms. The van der Waals surface area contributed by atoms with E-state index in [9.17, 15) is 0 Å². The fourth-order valence-corrected chi connectivity index (χ4v) is 1.93. The first-order chi connectivity index (χ1) is 7.81. The van der Waals surface area contributed by atoms with Crippen molar-refractivity contribution in [1.29, 1.82) is 0 Å². The summed E-state index contributed by atoms with van der Waals surface area (Å²) in [6, 6.07) is 12.5. The molecule has 0 bridgehead atoms. The number of hydrogen-bond donors (Lipinski definition) is 1. The molecule has 2 rings (SSSR count). The molecule has 2 nitrogen and oxygen atoms in total. The summed E-state index contributed by atoms with van der Waals surface area (Å²) in [4.78, 5) is 0. The van der Waals surface area contributed by atoms with Gasteiger partial charge < -0.3 is 10.2 Å². The number of aryl methyl sites for hydroxylation is 1. The summed E-state index contributed by atoms with van der Waals surface area (Å²) in [6.45, 7) is 2.76. The standard InChI is InChI=1S/C14H17NO/c1-11-4-6-12(7-5-11)13(8-9-15)14-3-2-10-16-14/h2-7,10,13H,8-9,15H2,1H3/t13-/m0/s1. The van der Waals surface area contributed by atoms with E-state index in [1.165, 1.54) is 11.1 Å². The lowest BCUT2D eigenvalue weighted by molar-refractivity contribution is 0.476. The first kappa shape index (κ1) is 11.0. The van der Waals surface area contributed by atoms with Crippen LogP contribution >= 0.6 is 0 Å². The zero-order chi connectivity index (χ0) is 11.4. The molecule has 0 saturated heterocycles. The zero-order valence-corrected chi connectivity index (χ0v) is 9.52. The van der Waals surface area contributed by atoms with Crippen LogP contribution in [-0.2, 0) is 0 Å². The van der Waals surface area contributed by atoms with Gasteiger partial charge in [0.15, 0.2) is 0 Å². The van der Waals surface area contributed by atoms with Gasteiger partial charge in [-0.15, -0.1) is 0 Å². The first-order valence-corrected chi connectivity index (χ1v) is 5.61. The lowest BCUT2D eigenvalue weighted by Gasteiger charge is -2.14. The van der Waals surface area contributed by atoms with Gasteiger partial charge in [-0.1, -0.05) is 29.8 Å². The molecule has 0 saturated carbocycles. The van der Waals surface area contributed by atoms with Crippen LogP contribution in [0.1, 0.15) is 29.2 Å². The molecule has 0 aliphatic rings. The van der Waals surface area contributed by atoms with E-state index in [4.69, 9.17) is 10.2 Å². The van der Waals surface area contributed by atoms with E-state index >= 15 is 0 Å². The summed E-state index contributed by atoms with van der Waals surface area (Å²) in [5, 5.41) is 0. The maximum absolute atomic E-state index is 5.66. The van der Waals surface area contributed by atoms with Gasteiger partial charge in [0, 0.05) is 5.92 Å². The van der Waals surface area contributed by atoms with Crippen LogP contribution in [0.3, 0.4) is 0 Å². The molecule has 1 aromatic carbocycles. The molecule has 0 spiro atoms. The molecule has 84 valence electrons. The van der Waals surface area contributed by atoms with Crippen molar-refractivity contribution in [2.24, 2.45) is 5.73 Å². The maximum atomic E-state index is 5.66. The van der Waals surface area contributed by atoms with Gasteiger partial charge in [-0.2, -0.15) is 0 Å². The summed E-state index contributed by atoms with van der Waals surface area (Å²) in [6.07, 6.45) is 2.63. The van der Waals surface area contributed by atoms with Crippen molar-refractivity contribution in [3.8, 4) is 0 Å². The lowest BCUT2D eigenvalue weighted by atomic mass is 9.93. The minimum Gasteiger partial charge on any atom is -0.469 e. The van der Waals surface area contributed by atoms with Crippen LogP contribution in [0.2, 0.25) is 0 Å². The third-order valence-electron chi connectivity index (χ3n) is 2.82. The van der Waals surface area contributed by atoms with Crippen molar-refractivity contribution in [3.63, 3.8) is 0 Å². The Morgan fingerprint density at radius 1 is 1.19 bits per heavy atom. The second kappa shape index (κ2) is 4.99. The summed E-state index contributed by atoms with van der Waals surface area (Å²) < 4.78 is 5.48. The topological polar surface area (TPSA) is 39.2 Å². The zero-order valence-electron chi connectivity index (χ0n) is 9.52. The van der Waals surface area contributed by atoms with Gasteiger partial charge in [0.05, 0.1) is 6.26 Å². The molecule has 0 aliphatic carbocycles. The van der Waals surface area contributed by atoms with Gasteiger partial charge in [0.2, 0.25) is 0 Å². The van der Waals surface area contributed by atoms with E-state index in [0.717, 1.165) is 12.2 Å². The number of benzene rings is 1. The molecular formula is C14H17NO. The predicted octanol–water partition coefficient (Wildman–Crippen LogP) is 3.07. The number of rotatable bonds is 4. The fraction of sp³-hybridized carbons (Fsp3) is 0.286. The highest BCUT2D eigenvalue weighted by atomic mass is 16.3. The van der Waals surface area contributed by atoms with Crippen LogP contribution in [0.25, 0.3) is 0 Å². The van der Waals surface area contributed by atoms with Crippen molar-refractivity contribution in [1.82, 2.24) is 0 Å². The predicted molar refractivity (Wildman–Crippen MR) is 65.4 cm³/mol. The molecule has 2 aromatic rings. The summed E-state index contributed by atoms with van der Waals surface area (Å²) >= 11 is 0. The smallest absolute Gasteiger partial charge is 0.111 e. The Balaban J connectivity index is 2.29. The highest BCUT2D eigenvalue weighted by molar-refractivity contribution is 5.29. The molecule has 1 aromatic heterocycles. The quantitative estimate of drug-likeness (QED) is 0.851. The minimum atomic E-state index is 0.278. The average molecular weight is 215 g/mol. The van der Waals surface area contributed by atoms with Gasteiger partial charge in [-0.05, 0) is 37.6 Å². The van der Waals surface area contributed by atoms with Crippen LogP contribution in [0.15, 0.2) is 47.1 Å². The largest absolute Gasteiger partial charge is 0.469 e. The Bertz CT molecular complexity index is 417. The summed E-state index contributed by atoms with van der Waals surface area (Å²) in [5.41, 5.74) is 8.20. The van der Waals surface area contributed by atoms with E-state index < -0.39 is 0 Å². The summed E-state index contributed by atoms with van der Waals surface area (Å²) in [5.74, 6) is 1.27. The van der Waals surface area contributed by atoms with Gasteiger partial charge in [0.25, 0.3) is 0 Å². The SMILES string of the molecule is Cc1ccc([C@H](CCN)c2ccco2)cc1. The Morgan fingerprint density at radius 3 is 2.50 bits per heavy atom. The second-order valence-corrected chi connectivity index (χ2v) is 4.06. The highest BCUT2D eigenvalue weighted by Gasteiger charge is 2.15. The van der Waals surface area contributed by atoms with Gasteiger partial charge in [0.1, 0.15) is 5.76 Å². The van der Waals surface area contributed by atoms with Crippen molar-refractivity contribution >= 4 is 0 Å². The number of nitrogens with two attached hydrogens (primary N) is 1. The van der Waals surface area contributed by atoms with E-state index in [-0.39, 0.29) is 5.92 Å². The maximum Gasteiger partial charge on any atom is 0.111 e. The van der Waals surface area contributed by atoms with Crippen LogP contribution in [0.4, 0.5) is 0 Å². The van der Waals surface area contributed by atoms with Crippen LogP contribution in [-0.4, -0.2) is 6.54 Å². The summed E-state index contributed by atoms with van der Waals surface area (Å²) in [7, 11) is 0. The third kappa shape index (κ3) is 2.34. The molecule has 0 aliphatic heterocycles. The molecule has 0 unspecified atom stereocenters. The van der Waals surface area contributed by atoms with Gasteiger partial charge in [-0.3, -0.25) is 0 Å². The van der Waals surface area contributed by atoms with Crippen molar-refractivity contribution in [2.75, 3.05) is 6.54 Å². The first-order valence-electron chi connectivity index (χ1n) is 5.61. The highest BCUT2D eigenvalue weighted by Crippen LogP contribution is 2.27. The third-order valence-corrected chi connectivity index (χ3v) is 2.82. The van der Waals surface area contributed by atoms with Crippen molar-refractivity contribution < 1.29 is 4.42 Å². The monoisotopic (exact) mass is 215 g/mol.